The van der Waals surface area contributed by atoms with Gasteiger partial charge >= 0.3 is 0 Å². The first-order chi connectivity index (χ1) is 6.46. The van der Waals surface area contributed by atoms with Crippen LogP contribution in [0.15, 0.2) is 22.7 Å². The number of sulfonamides is 1. The predicted molar refractivity (Wildman–Crippen MR) is 62.4 cm³/mol. The van der Waals surface area contributed by atoms with Crippen molar-refractivity contribution in [3.63, 3.8) is 0 Å². The Morgan fingerprint density at radius 3 is 2.64 bits per heavy atom. The van der Waals surface area contributed by atoms with E-state index in [9.17, 15) is 8.42 Å². The first-order valence-electron chi connectivity index (χ1n) is 3.47. The van der Waals surface area contributed by atoms with Crippen molar-refractivity contribution in [1.82, 2.24) is 0 Å². The molecule has 7 heteroatoms. The number of alkyl halides is 1. The Balaban J connectivity index is 3.05. The fraction of sp³-hybridized carbons (Fsp3) is 0.143. The molecule has 1 aromatic rings. The maximum Gasteiger partial charge on any atom is 0.246 e. The first-order valence-corrected chi connectivity index (χ1v) is 6.82. The molecule has 1 rings (SSSR count). The number of hydrogen-bond acceptors (Lipinski definition) is 2. The summed E-state index contributed by atoms with van der Waals surface area (Å²) in [4.78, 5) is 0. The molecule has 14 heavy (non-hydrogen) atoms. The molecule has 0 unspecified atom stereocenters. The van der Waals surface area contributed by atoms with Crippen molar-refractivity contribution in [3.8, 4) is 0 Å². The van der Waals surface area contributed by atoms with E-state index in [0.717, 1.165) is 0 Å². The standard InChI is InChI=1S/C7H6BrCl2NO2S/c8-7-5(10)2-1-3-6(7)11-14(12,13)4-9/h1-3,11H,4H2. The molecular formula is C7H6BrCl2NO2S. The summed E-state index contributed by atoms with van der Waals surface area (Å²) in [5.74, 6) is 0. The lowest BCUT2D eigenvalue weighted by Gasteiger charge is -2.07. The van der Waals surface area contributed by atoms with Gasteiger partial charge in [-0.2, -0.15) is 0 Å². The molecule has 0 fully saturated rings. The van der Waals surface area contributed by atoms with E-state index < -0.39 is 15.2 Å². The zero-order valence-electron chi connectivity index (χ0n) is 6.80. The third-order valence-corrected chi connectivity index (χ3v) is 4.44. The van der Waals surface area contributed by atoms with E-state index >= 15 is 0 Å². The molecule has 0 radical (unpaired) electrons. The summed E-state index contributed by atoms with van der Waals surface area (Å²) in [6.45, 7) is 0. The van der Waals surface area contributed by atoms with E-state index in [1.165, 1.54) is 0 Å². The molecule has 0 aliphatic rings. The second-order valence-corrected chi connectivity index (χ2v) is 5.93. The number of nitrogens with one attached hydrogen (secondary N) is 1. The molecular weight excluding hydrogens is 313 g/mol. The van der Waals surface area contributed by atoms with Crippen molar-refractivity contribution >= 4 is 54.8 Å². The molecule has 78 valence electrons. The van der Waals surface area contributed by atoms with Gasteiger partial charge in [-0.1, -0.05) is 17.7 Å². The quantitative estimate of drug-likeness (QED) is 0.871. The summed E-state index contributed by atoms with van der Waals surface area (Å²) < 4.78 is 25.0. The summed E-state index contributed by atoms with van der Waals surface area (Å²) in [5, 5.41) is -0.0637. The lowest BCUT2D eigenvalue weighted by Crippen LogP contribution is -2.13. The second-order valence-electron chi connectivity index (χ2n) is 2.43. The van der Waals surface area contributed by atoms with Gasteiger partial charge in [0.25, 0.3) is 0 Å². The van der Waals surface area contributed by atoms with Gasteiger partial charge in [-0.25, -0.2) is 8.42 Å². The van der Waals surface area contributed by atoms with Crippen molar-refractivity contribution in [3.05, 3.63) is 27.7 Å². The van der Waals surface area contributed by atoms with Crippen LogP contribution in [0.4, 0.5) is 5.69 Å². The van der Waals surface area contributed by atoms with Gasteiger partial charge in [0.15, 0.2) is 0 Å². The highest BCUT2D eigenvalue weighted by molar-refractivity contribution is 9.10. The van der Waals surface area contributed by atoms with Gasteiger partial charge in [-0.15, -0.1) is 11.6 Å². The second kappa shape index (κ2) is 4.70. The monoisotopic (exact) mass is 317 g/mol. The molecule has 1 aromatic carbocycles. The normalized spacial score (nSPS) is 11.4. The van der Waals surface area contributed by atoms with Crippen LogP contribution in [0.2, 0.25) is 5.02 Å². The van der Waals surface area contributed by atoms with Crippen LogP contribution in [0, 0.1) is 0 Å². The molecule has 0 amide bonds. The van der Waals surface area contributed by atoms with Gasteiger partial charge < -0.3 is 0 Å². The molecule has 3 nitrogen and oxygen atoms in total. The number of anilines is 1. The summed E-state index contributed by atoms with van der Waals surface area (Å²) >= 11 is 14.2. The maximum absolute atomic E-state index is 11.1. The Hall–Kier alpha value is 0.0300. The molecule has 0 bridgehead atoms. The van der Waals surface area contributed by atoms with Crippen molar-refractivity contribution < 1.29 is 8.42 Å². The third kappa shape index (κ3) is 3.02. The van der Waals surface area contributed by atoms with E-state index in [-0.39, 0.29) is 0 Å². The molecule has 0 aliphatic heterocycles. The van der Waals surface area contributed by atoms with Crippen molar-refractivity contribution in [1.29, 1.82) is 0 Å². The highest BCUT2D eigenvalue weighted by atomic mass is 79.9. The summed E-state index contributed by atoms with van der Waals surface area (Å²) in [6.07, 6.45) is 0. The van der Waals surface area contributed by atoms with E-state index in [1.54, 1.807) is 18.2 Å². The Morgan fingerprint density at radius 1 is 1.43 bits per heavy atom. The summed E-state index contributed by atoms with van der Waals surface area (Å²) in [6, 6.07) is 4.86. The van der Waals surface area contributed by atoms with Gasteiger partial charge in [0, 0.05) is 0 Å². The van der Waals surface area contributed by atoms with E-state index in [0.29, 0.717) is 15.2 Å². The Kier molecular flexibility index (Phi) is 4.06. The average Bonchev–Trinajstić information content (AvgIpc) is 2.13. The highest BCUT2D eigenvalue weighted by Crippen LogP contribution is 2.30. The molecule has 0 spiro atoms. The van der Waals surface area contributed by atoms with Crippen LogP contribution in [0.5, 0.6) is 0 Å². The highest BCUT2D eigenvalue weighted by Gasteiger charge is 2.11. The van der Waals surface area contributed by atoms with Crippen LogP contribution in [0.3, 0.4) is 0 Å². The number of hydrogen-bond donors (Lipinski definition) is 1. The van der Waals surface area contributed by atoms with Gasteiger partial charge in [-0.3, -0.25) is 4.72 Å². The van der Waals surface area contributed by atoms with Crippen LogP contribution in [-0.4, -0.2) is 13.6 Å². The lowest BCUT2D eigenvalue weighted by molar-refractivity contribution is 0.605. The maximum atomic E-state index is 11.1. The first kappa shape index (κ1) is 12.1. The zero-order chi connectivity index (χ0) is 10.8. The van der Waals surface area contributed by atoms with Gasteiger partial charge in [0.1, 0.15) is 5.21 Å². The predicted octanol–water partition coefficient (Wildman–Crippen LogP) is 3.04. The van der Waals surface area contributed by atoms with Crippen LogP contribution < -0.4 is 4.72 Å². The van der Waals surface area contributed by atoms with Crippen LogP contribution in [0.25, 0.3) is 0 Å². The summed E-state index contributed by atoms with van der Waals surface area (Å²) in [5.41, 5.74) is 0.373. The fourth-order valence-electron chi connectivity index (χ4n) is 0.777. The van der Waals surface area contributed by atoms with Crippen molar-refractivity contribution in [2.24, 2.45) is 0 Å². The van der Waals surface area contributed by atoms with Crippen molar-refractivity contribution in [2.45, 2.75) is 0 Å². The smallest absolute Gasteiger partial charge is 0.246 e. The third-order valence-electron chi connectivity index (χ3n) is 1.36. The van der Waals surface area contributed by atoms with Gasteiger partial charge in [0.05, 0.1) is 15.2 Å². The Labute approximate surface area is 101 Å². The molecule has 0 aliphatic carbocycles. The Morgan fingerprint density at radius 2 is 2.07 bits per heavy atom. The van der Waals surface area contributed by atoms with Crippen LogP contribution in [-0.2, 0) is 10.0 Å². The van der Waals surface area contributed by atoms with Gasteiger partial charge in [0.2, 0.25) is 10.0 Å². The largest absolute Gasteiger partial charge is 0.281 e. The number of benzene rings is 1. The average molecular weight is 319 g/mol. The molecule has 1 N–H and O–H groups in total. The molecule has 0 atom stereocenters. The summed E-state index contributed by atoms with van der Waals surface area (Å²) in [7, 11) is -3.49. The van der Waals surface area contributed by atoms with Gasteiger partial charge in [-0.05, 0) is 28.1 Å². The SMILES string of the molecule is O=S(=O)(CCl)Nc1cccc(Cl)c1Br. The van der Waals surface area contributed by atoms with Crippen molar-refractivity contribution in [2.75, 3.05) is 9.93 Å². The van der Waals surface area contributed by atoms with Crippen LogP contribution >= 0.6 is 39.1 Å². The molecule has 0 saturated carbocycles. The minimum Gasteiger partial charge on any atom is -0.281 e. The number of rotatable bonds is 3. The minimum absolute atomic E-state index is 0.373. The minimum atomic E-state index is -3.49. The lowest BCUT2D eigenvalue weighted by atomic mass is 10.3. The molecule has 0 aromatic heterocycles. The van der Waals surface area contributed by atoms with Crippen LogP contribution in [0.1, 0.15) is 0 Å². The van der Waals surface area contributed by atoms with E-state index in [2.05, 4.69) is 20.7 Å². The molecule has 0 saturated heterocycles. The van der Waals surface area contributed by atoms with E-state index in [4.69, 9.17) is 23.2 Å². The molecule has 0 heterocycles. The Bertz CT molecular complexity index is 435. The fourth-order valence-corrected chi connectivity index (χ4v) is 2.17. The topological polar surface area (TPSA) is 46.2 Å². The zero-order valence-corrected chi connectivity index (χ0v) is 10.7. The van der Waals surface area contributed by atoms with E-state index in [1.807, 2.05) is 0 Å². The number of halogens is 3.